The highest BCUT2D eigenvalue weighted by Gasteiger charge is 2.24. The number of nitrogens with two attached hydrogens (primary N) is 1. The summed E-state index contributed by atoms with van der Waals surface area (Å²) in [6.07, 6.45) is 0. The number of hydrogen-bond acceptors (Lipinski definition) is 3. The van der Waals surface area contributed by atoms with Gasteiger partial charge in [0.1, 0.15) is 0 Å². The van der Waals surface area contributed by atoms with Crippen LogP contribution in [0.2, 0.25) is 0 Å². The number of amides is 1. The lowest BCUT2D eigenvalue weighted by Crippen LogP contribution is -2.35. The predicted octanol–water partition coefficient (Wildman–Crippen LogP) is 0.527. The van der Waals surface area contributed by atoms with E-state index in [1.807, 2.05) is 6.07 Å². The lowest BCUT2D eigenvalue weighted by atomic mass is 10.2. The van der Waals surface area contributed by atoms with Crippen LogP contribution in [0.4, 0.5) is 4.79 Å². The molecule has 0 aliphatic rings. The standard InChI is InChI=1S/C9H12N2O3S/c1-11(15(13,14)9(10)12)7-8-5-3-2-4-6-8/h2-6H,7H2,1H3,(H2,10,12). The van der Waals surface area contributed by atoms with Crippen molar-refractivity contribution in [3.05, 3.63) is 35.9 Å². The summed E-state index contributed by atoms with van der Waals surface area (Å²) in [5.74, 6) is 0. The van der Waals surface area contributed by atoms with E-state index in [2.05, 4.69) is 0 Å². The fourth-order valence-corrected chi connectivity index (χ4v) is 1.71. The number of hydrogen-bond donors (Lipinski definition) is 1. The zero-order chi connectivity index (χ0) is 11.5. The molecular formula is C9H12N2O3S. The van der Waals surface area contributed by atoms with Gasteiger partial charge >= 0.3 is 5.24 Å². The molecule has 1 rings (SSSR count). The van der Waals surface area contributed by atoms with E-state index in [0.717, 1.165) is 9.87 Å². The van der Waals surface area contributed by atoms with Crippen LogP contribution >= 0.6 is 0 Å². The summed E-state index contributed by atoms with van der Waals surface area (Å²) in [7, 11) is -2.69. The Morgan fingerprint density at radius 1 is 1.33 bits per heavy atom. The van der Waals surface area contributed by atoms with Gasteiger partial charge in [0.2, 0.25) is 0 Å². The molecule has 1 amide bonds. The smallest absolute Gasteiger partial charge is 0.349 e. The lowest BCUT2D eigenvalue weighted by molar-refractivity contribution is 0.263. The highest BCUT2D eigenvalue weighted by Crippen LogP contribution is 2.06. The van der Waals surface area contributed by atoms with Crippen molar-refractivity contribution in [1.82, 2.24) is 4.31 Å². The van der Waals surface area contributed by atoms with Crippen LogP contribution in [0.15, 0.2) is 30.3 Å². The second-order valence-corrected chi connectivity index (χ2v) is 5.04. The van der Waals surface area contributed by atoms with Crippen LogP contribution in [0.25, 0.3) is 0 Å². The molecule has 1 aromatic carbocycles. The summed E-state index contributed by atoms with van der Waals surface area (Å²) in [6.45, 7) is 0.131. The zero-order valence-electron chi connectivity index (χ0n) is 8.25. The van der Waals surface area contributed by atoms with E-state index in [1.54, 1.807) is 24.3 Å². The van der Waals surface area contributed by atoms with Crippen LogP contribution in [0, 0.1) is 0 Å². The molecule has 0 fully saturated rings. The summed E-state index contributed by atoms with van der Waals surface area (Å²) < 4.78 is 23.5. The number of carbonyl (C=O) groups is 1. The fourth-order valence-electron chi connectivity index (χ4n) is 1.08. The third kappa shape index (κ3) is 2.77. The van der Waals surface area contributed by atoms with Crippen molar-refractivity contribution in [3.63, 3.8) is 0 Å². The molecule has 0 unspecified atom stereocenters. The van der Waals surface area contributed by atoms with Gasteiger partial charge in [-0.1, -0.05) is 30.3 Å². The first-order chi connectivity index (χ1) is 6.94. The normalized spacial score (nSPS) is 11.6. The maximum atomic E-state index is 11.3. The van der Waals surface area contributed by atoms with Crippen molar-refractivity contribution in [1.29, 1.82) is 0 Å². The van der Waals surface area contributed by atoms with Crippen molar-refractivity contribution in [2.45, 2.75) is 6.54 Å². The molecule has 0 radical (unpaired) electrons. The SMILES string of the molecule is CN(Cc1ccccc1)S(=O)(=O)C(N)=O. The molecule has 0 spiro atoms. The molecule has 6 heteroatoms. The Kier molecular flexibility index (Phi) is 3.43. The van der Waals surface area contributed by atoms with E-state index in [4.69, 9.17) is 5.73 Å². The molecule has 2 N–H and O–H groups in total. The lowest BCUT2D eigenvalue weighted by Gasteiger charge is -2.14. The van der Waals surface area contributed by atoms with Crippen LogP contribution in [0.3, 0.4) is 0 Å². The molecule has 5 nitrogen and oxygen atoms in total. The molecule has 1 aromatic rings. The fraction of sp³-hybridized carbons (Fsp3) is 0.222. The monoisotopic (exact) mass is 228 g/mol. The number of rotatable bonds is 3. The van der Waals surface area contributed by atoms with Crippen LogP contribution in [0.1, 0.15) is 5.56 Å². The summed E-state index contributed by atoms with van der Waals surface area (Å²) in [4.78, 5) is 10.6. The van der Waals surface area contributed by atoms with Gasteiger partial charge in [-0.25, -0.2) is 8.42 Å². The summed E-state index contributed by atoms with van der Waals surface area (Å²) in [5.41, 5.74) is 5.55. The molecule has 0 atom stereocenters. The van der Waals surface area contributed by atoms with Gasteiger partial charge in [0.05, 0.1) is 0 Å². The highest BCUT2D eigenvalue weighted by atomic mass is 32.2. The van der Waals surface area contributed by atoms with Crippen molar-refractivity contribution < 1.29 is 13.2 Å². The average Bonchev–Trinajstić information content (AvgIpc) is 2.18. The van der Waals surface area contributed by atoms with E-state index in [-0.39, 0.29) is 6.54 Å². The second kappa shape index (κ2) is 4.41. The van der Waals surface area contributed by atoms with Crippen molar-refractivity contribution in [2.75, 3.05) is 7.05 Å². The predicted molar refractivity (Wildman–Crippen MR) is 56.4 cm³/mol. The van der Waals surface area contributed by atoms with E-state index in [0.29, 0.717) is 0 Å². The van der Waals surface area contributed by atoms with Crippen molar-refractivity contribution >= 4 is 15.3 Å². The van der Waals surface area contributed by atoms with E-state index >= 15 is 0 Å². The zero-order valence-corrected chi connectivity index (χ0v) is 9.07. The Labute approximate surface area is 88.5 Å². The highest BCUT2D eigenvalue weighted by molar-refractivity contribution is 8.03. The summed E-state index contributed by atoms with van der Waals surface area (Å²) in [6, 6.07) is 8.95. The maximum absolute atomic E-state index is 11.3. The van der Waals surface area contributed by atoms with E-state index in [9.17, 15) is 13.2 Å². The largest absolute Gasteiger partial charge is 0.355 e. The Morgan fingerprint density at radius 2 is 1.87 bits per heavy atom. The topological polar surface area (TPSA) is 80.5 Å². The Morgan fingerprint density at radius 3 is 2.33 bits per heavy atom. The Bertz CT molecular complexity index is 442. The van der Waals surface area contributed by atoms with Crippen molar-refractivity contribution in [3.8, 4) is 0 Å². The number of benzene rings is 1. The minimum atomic E-state index is -4.00. The second-order valence-electron chi connectivity index (χ2n) is 3.07. The minimum Gasteiger partial charge on any atom is -0.355 e. The molecular weight excluding hydrogens is 216 g/mol. The van der Waals surface area contributed by atoms with Crippen LogP contribution in [-0.2, 0) is 16.6 Å². The van der Waals surface area contributed by atoms with Gasteiger partial charge in [0.25, 0.3) is 10.0 Å². The third-order valence-corrected chi connectivity index (χ3v) is 3.37. The molecule has 0 heterocycles. The number of nitrogens with zero attached hydrogens (tertiary/aromatic N) is 1. The molecule has 0 aliphatic heterocycles. The molecule has 0 saturated heterocycles. The molecule has 0 aromatic heterocycles. The van der Waals surface area contributed by atoms with Gasteiger partial charge in [0, 0.05) is 13.6 Å². The van der Waals surface area contributed by atoms with Gasteiger partial charge in [-0.2, -0.15) is 4.31 Å². The summed E-state index contributed by atoms with van der Waals surface area (Å²) in [5, 5.41) is -1.33. The number of carbonyl (C=O) groups excluding carboxylic acids is 1. The third-order valence-electron chi connectivity index (χ3n) is 1.91. The van der Waals surface area contributed by atoms with Gasteiger partial charge in [0.15, 0.2) is 0 Å². The van der Waals surface area contributed by atoms with Crippen molar-refractivity contribution in [2.24, 2.45) is 5.73 Å². The maximum Gasteiger partial charge on any atom is 0.349 e. The number of primary amides is 1. The Balaban J connectivity index is 2.81. The number of sulfonamides is 1. The first-order valence-electron chi connectivity index (χ1n) is 4.24. The molecule has 0 bridgehead atoms. The first kappa shape index (κ1) is 11.7. The minimum absolute atomic E-state index is 0.131. The quantitative estimate of drug-likeness (QED) is 0.819. The van der Waals surface area contributed by atoms with Crippen LogP contribution < -0.4 is 5.73 Å². The van der Waals surface area contributed by atoms with Crippen LogP contribution in [0.5, 0.6) is 0 Å². The van der Waals surface area contributed by atoms with Gasteiger partial charge in [-0.15, -0.1) is 0 Å². The van der Waals surface area contributed by atoms with E-state index in [1.165, 1.54) is 7.05 Å². The molecule has 0 aliphatic carbocycles. The van der Waals surface area contributed by atoms with Gasteiger partial charge in [-0.3, -0.25) is 4.79 Å². The van der Waals surface area contributed by atoms with E-state index < -0.39 is 15.3 Å². The average molecular weight is 228 g/mol. The molecule has 15 heavy (non-hydrogen) atoms. The molecule has 82 valence electrons. The molecule has 0 saturated carbocycles. The van der Waals surface area contributed by atoms with Gasteiger partial charge in [-0.05, 0) is 5.56 Å². The Hall–Kier alpha value is -1.40. The first-order valence-corrected chi connectivity index (χ1v) is 5.68. The van der Waals surface area contributed by atoms with Crippen LogP contribution in [-0.4, -0.2) is 25.0 Å². The van der Waals surface area contributed by atoms with Gasteiger partial charge < -0.3 is 5.73 Å². The summed E-state index contributed by atoms with van der Waals surface area (Å²) >= 11 is 0.